The first-order valence-electron chi connectivity index (χ1n) is 4.74. The van der Waals surface area contributed by atoms with Gasteiger partial charge < -0.3 is 10.0 Å². The first kappa shape index (κ1) is 12.7. The van der Waals surface area contributed by atoms with Crippen molar-refractivity contribution < 1.29 is 14.7 Å². The first-order valence-corrected chi connectivity index (χ1v) is 4.74. The highest BCUT2D eigenvalue weighted by atomic mass is 16.4. The quantitative estimate of drug-likeness (QED) is 0.678. The van der Waals surface area contributed by atoms with E-state index in [-0.39, 0.29) is 5.91 Å². The second-order valence-electron chi connectivity index (χ2n) is 2.89. The normalized spacial score (nSPS) is 12.8. The van der Waals surface area contributed by atoms with Crippen molar-refractivity contribution in [3.63, 3.8) is 0 Å². The lowest BCUT2D eigenvalue weighted by molar-refractivity contribution is -0.148. The summed E-state index contributed by atoms with van der Waals surface area (Å²) in [6, 6.07) is -0.719. The van der Waals surface area contributed by atoms with Crippen LogP contribution in [0.5, 0.6) is 0 Å². The number of amides is 1. The van der Waals surface area contributed by atoms with Gasteiger partial charge in [-0.25, -0.2) is 4.79 Å². The Bertz CT molecular complexity index is 236. The van der Waals surface area contributed by atoms with E-state index in [1.165, 1.54) is 11.0 Å². The smallest absolute Gasteiger partial charge is 0.326 e. The van der Waals surface area contributed by atoms with Crippen molar-refractivity contribution in [1.29, 1.82) is 0 Å². The topological polar surface area (TPSA) is 57.6 Å². The standard InChI is InChI=1S/C10H17NO3/c1-4-7-9(12)11(6-3)8(5-2)10(13)14/h4,7-8H,5-6H2,1-3H3,(H,13,14)/b7-4+. The van der Waals surface area contributed by atoms with Crippen molar-refractivity contribution in [2.24, 2.45) is 0 Å². The molecule has 4 nitrogen and oxygen atoms in total. The third-order valence-corrected chi connectivity index (χ3v) is 1.98. The zero-order chi connectivity index (χ0) is 11.1. The molecular formula is C10H17NO3. The summed E-state index contributed by atoms with van der Waals surface area (Å²) in [4.78, 5) is 23.6. The van der Waals surface area contributed by atoms with Gasteiger partial charge in [-0.3, -0.25) is 4.79 Å². The number of hydrogen-bond donors (Lipinski definition) is 1. The molecule has 0 aliphatic carbocycles. The minimum Gasteiger partial charge on any atom is -0.480 e. The molecule has 1 N–H and O–H groups in total. The van der Waals surface area contributed by atoms with Crippen LogP contribution in [0.2, 0.25) is 0 Å². The van der Waals surface area contributed by atoms with Gasteiger partial charge in [0.15, 0.2) is 0 Å². The first-order chi connectivity index (χ1) is 6.58. The fourth-order valence-corrected chi connectivity index (χ4v) is 1.30. The van der Waals surface area contributed by atoms with Gasteiger partial charge in [-0.05, 0) is 26.3 Å². The van der Waals surface area contributed by atoms with Crippen LogP contribution in [0.25, 0.3) is 0 Å². The molecule has 0 rings (SSSR count). The second-order valence-corrected chi connectivity index (χ2v) is 2.89. The maximum absolute atomic E-state index is 11.5. The molecule has 0 aromatic heterocycles. The number of allylic oxidation sites excluding steroid dienone is 1. The second kappa shape index (κ2) is 6.18. The molecule has 14 heavy (non-hydrogen) atoms. The van der Waals surface area contributed by atoms with Crippen LogP contribution in [-0.2, 0) is 9.59 Å². The van der Waals surface area contributed by atoms with Gasteiger partial charge in [0.2, 0.25) is 5.91 Å². The monoisotopic (exact) mass is 199 g/mol. The van der Waals surface area contributed by atoms with E-state index in [0.29, 0.717) is 13.0 Å². The number of carbonyl (C=O) groups is 2. The van der Waals surface area contributed by atoms with Crippen LogP contribution in [-0.4, -0.2) is 34.5 Å². The van der Waals surface area contributed by atoms with Crippen molar-refractivity contribution in [3.05, 3.63) is 12.2 Å². The van der Waals surface area contributed by atoms with Gasteiger partial charge in [-0.15, -0.1) is 0 Å². The summed E-state index contributed by atoms with van der Waals surface area (Å²) in [6.45, 7) is 5.67. The van der Waals surface area contributed by atoms with E-state index in [4.69, 9.17) is 5.11 Å². The number of rotatable bonds is 5. The van der Waals surface area contributed by atoms with E-state index in [9.17, 15) is 9.59 Å². The number of hydrogen-bond acceptors (Lipinski definition) is 2. The molecule has 0 aliphatic rings. The highest BCUT2D eigenvalue weighted by Gasteiger charge is 2.24. The maximum Gasteiger partial charge on any atom is 0.326 e. The lowest BCUT2D eigenvalue weighted by Gasteiger charge is -2.25. The van der Waals surface area contributed by atoms with Gasteiger partial charge in [-0.2, -0.15) is 0 Å². The van der Waals surface area contributed by atoms with E-state index < -0.39 is 12.0 Å². The SMILES string of the molecule is C/C=C/C(=O)N(CC)C(CC)C(=O)O. The highest BCUT2D eigenvalue weighted by molar-refractivity contribution is 5.91. The summed E-state index contributed by atoms with van der Waals surface area (Å²) in [5.41, 5.74) is 0. The molecule has 0 aliphatic heterocycles. The van der Waals surface area contributed by atoms with Crippen LogP contribution < -0.4 is 0 Å². The molecule has 0 saturated heterocycles. The Morgan fingerprint density at radius 3 is 2.29 bits per heavy atom. The van der Waals surface area contributed by atoms with Crippen LogP contribution in [0, 0.1) is 0 Å². The van der Waals surface area contributed by atoms with E-state index in [1.807, 2.05) is 0 Å². The van der Waals surface area contributed by atoms with Crippen molar-refractivity contribution in [2.75, 3.05) is 6.54 Å². The largest absolute Gasteiger partial charge is 0.480 e. The van der Waals surface area contributed by atoms with Crippen molar-refractivity contribution in [1.82, 2.24) is 4.90 Å². The van der Waals surface area contributed by atoms with E-state index in [1.54, 1.807) is 26.8 Å². The number of carbonyl (C=O) groups excluding carboxylic acids is 1. The van der Waals surface area contributed by atoms with Gasteiger partial charge in [-0.1, -0.05) is 13.0 Å². The van der Waals surface area contributed by atoms with Gasteiger partial charge in [0, 0.05) is 6.54 Å². The maximum atomic E-state index is 11.5. The third kappa shape index (κ3) is 3.20. The molecule has 1 unspecified atom stereocenters. The molecule has 0 radical (unpaired) electrons. The molecule has 0 fully saturated rings. The molecule has 0 aromatic rings. The minimum atomic E-state index is -0.952. The molecule has 0 saturated carbocycles. The van der Waals surface area contributed by atoms with Crippen molar-refractivity contribution in [2.45, 2.75) is 33.2 Å². The lowest BCUT2D eigenvalue weighted by atomic mass is 10.2. The molecule has 1 atom stereocenters. The summed E-state index contributed by atoms with van der Waals surface area (Å²) in [7, 11) is 0. The zero-order valence-corrected chi connectivity index (χ0v) is 8.86. The molecule has 0 spiro atoms. The molecule has 0 heterocycles. The lowest BCUT2D eigenvalue weighted by Crippen LogP contribution is -2.43. The number of nitrogens with zero attached hydrogens (tertiary/aromatic N) is 1. The Kier molecular flexibility index (Phi) is 5.60. The van der Waals surface area contributed by atoms with Crippen LogP contribution >= 0.6 is 0 Å². The van der Waals surface area contributed by atoms with Crippen LogP contribution in [0.3, 0.4) is 0 Å². The Morgan fingerprint density at radius 2 is 2.00 bits per heavy atom. The fraction of sp³-hybridized carbons (Fsp3) is 0.600. The Labute approximate surface area is 84.2 Å². The highest BCUT2D eigenvalue weighted by Crippen LogP contribution is 2.05. The molecular weight excluding hydrogens is 182 g/mol. The third-order valence-electron chi connectivity index (χ3n) is 1.98. The summed E-state index contributed by atoms with van der Waals surface area (Å²) >= 11 is 0. The van der Waals surface area contributed by atoms with Crippen LogP contribution in [0.1, 0.15) is 27.2 Å². The van der Waals surface area contributed by atoms with Crippen molar-refractivity contribution in [3.8, 4) is 0 Å². The average Bonchev–Trinajstić information content (AvgIpc) is 2.13. The summed E-state index contributed by atoms with van der Waals surface area (Å²) < 4.78 is 0. The Hall–Kier alpha value is -1.32. The van der Waals surface area contributed by atoms with E-state index in [0.717, 1.165) is 0 Å². The summed E-state index contributed by atoms with van der Waals surface area (Å²) in [5, 5.41) is 8.87. The van der Waals surface area contributed by atoms with E-state index >= 15 is 0 Å². The average molecular weight is 199 g/mol. The molecule has 0 bridgehead atoms. The van der Waals surface area contributed by atoms with Gasteiger partial charge in [0.25, 0.3) is 0 Å². The van der Waals surface area contributed by atoms with Gasteiger partial charge in [0.05, 0.1) is 0 Å². The van der Waals surface area contributed by atoms with Gasteiger partial charge >= 0.3 is 5.97 Å². The van der Waals surface area contributed by atoms with Crippen LogP contribution in [0.15, 0.2) is 12.2 Å². The molecule has 80 valence electrons. The Morgan fingerprint density at radius 1 is 1.43 bits per heavy atom. The summed E-state index contributed by atoms with van der Waals surface area (Å²) in [6.07, 6.45) is 3.42. The predicted octanol–water partition coefficient (Wildman–Crippen LogP) is 1.27. The number of likely N-dealkylation sites (N-methyl/N-ethyl adjacent to an activating group) is 1. The minimum absolute atomic E-state index is 0.246. The molecule has 0 aromatic carbocycles. The zero-order valence-electron chi connectivity index (χ0n) is 8.86. The summed E-state index contributed by atoms with van der Waals surface area (Å²) in [5.74, 6) is -1.20. The number of carboxylic acid groups (broad SMARTS) is 1. The van der Waals surface area contributed by atoms with Crippen molar-refractivity contribution >= 4 is 11.9 Å². The number of carboxylic acids is 1. The Balaban J connectivity index is 4.67. The predicted molar refractivity (Wildman–Crippen MR) is 53.9 cm³/mol. The molecule has 1 amide bonds. The molecule has 4 heteroatoms. The fourth-order valence-electron chi connectivity index (χ4n) is 1.30. The van der Waals surface area contributed by atoms with Gasteiger partial charge in [0.1, 0.15) is 6.04 Å². The van der Waals surface area contributed by atoms with E-state index in [2.05, 4.69) is 0 Å². The van der Waals surface area contributed by atoms with Crippen LogP contribution in [0.4, 0.5) is 0 Å². The number of aliphatic carboxylic acids is 1.